The number of hydrogen-bond donors (Lipinski definition) is 1. The van der Waals surface area contributed by atoms with Crippen LogP contribution in [0.1, 0.15) is 28.2 Å². The Morgan fingerprint density at radius 3 is 2.74 bits per heavy atom. The fourth-order valence-corrected chi connectivity index (χ4v) is 5.32. The lowest BCUT2D eigenvalue weighted by molar-refractivity contribution is 0.0951. The van der Waals surface area contributed by atoms with Crippen LogP contribution in [0, 0.1) is 0 Å². The standard InChI is InChI=1S/C15H17N3O3S2/c19-15(17-11-12-5-1-2-7-16-12)14-13(6-10-22-14)23(20,21)18-8-3-4-9-18/h1-2,5-7,10H,3-4,8-9,11H2,(H,17,19). The Balaban J connectivity index is 1.76. The van der Waals surface area contributed by atoms with Gasteiger partial charge in [-0.05, 0) is 36.4 Å². The van der Waals surface area contributed by atoms with Crippen molar-refractivity contribution in [1.82, 2.24) is 14.6 Å². The molecule has 1 fully saturated rings. The van der Waals surface area contributed by atoms with Gasteiger partial charge in [0.05, 0.1) is 12.2 Å². The van der Waals surface area contributed by atoms with Gasteiger partial charge in [-0.15, -0.1) is 11.3 Å². The fourth-order valence-electron chi connectivity index (χ4n) is 2.49. The van der Waals surface area contributed by atoms with E-state index < -0.39 is 10.0 Å². The van der Waals surface area contributed by atoms with Crippen LogP contribution in [0.2, 0.25) is 0 Å². The highest BCUT2D eigenvalue weighted by Gasteiger charge is 2.31. The molecule has 122 valence electrons. The Morgan fingerprint density at radius 2 is 2.04 bits per heavy atom. The highest BCUT2D eigenvalue weighted by atomic mass is 32.2. The average molecular weight is 351 g/mol. The van der Waals surface area contributed by atoms with Crippen LogP contribution in [0.3, 0.4) is 0 Å². The number of aromatic nitrogens is 1. The predicted octanol–water partition coefficient (Wildman–Crippen LogP) is 1.86. The molecule has 0 bridgehead atoms. The number of amides is 1. The molecule has 8 heteroatoms. The Hall–Kier alpha value is -1.77. The van der Waals surface area contributed by atoms with Crippen molar-refractivity contribution in [3.8, 4) is 0 Å². The minimum Gasteiger partial charge on any atom is -0.346 e. The second-order valence-corrected chi connectivity index (χ2v) is 8.05. The van der Waals surface area contributed by atoms with Gasteiger partial charge in [0.2, 0.25) is 10.0 Å². The molecule has 1 N–H and O–H groups in total. The minimum absolute atomic E-state index is 0.0999. The van der Waals surface area contributed by atoms with Gasteiger partial charge in [0.25, 0.3) is 5.91 Å². The summed E-state index contributed by atoms with van der Waals surface area (Å²) in [5.41, 5.74) is 0.723. The van der Waals surface area contributed by atoms with Crippen molar-refractivity contribution in [3.63, 3.8) is 0 Å². The molecule has 0 aromatic carbocycles. The SMILES string of the molecule is O=C(NCc1ccccn1)c1sccc1S(=O)(=O)N1CCCC1. The molecule has 1 aliphatic heterocycles. The number of pyridine rings is 1. The van der Waals surface area contributed by atoms with Crippen molar-refractivity contribution in [3.05, 3.63) is 46.4 Å². The van der Waals surface area contributed by atoms with Crippen LogP contribution < -0.4 is 5.32 Å². The van der Waals surface area contributed by atoms with E-state index in [2.05, 4.69) is 10.3 Å². The minimum atomic E-state index is -3.59. The molecule has 1 saturated heterocycles. The van der Waals surface area contributed by atoms with Crippen LogP contribution in [0.25, 0.3) is 0 Å². The maximum Gasteiger partial charge on any atom is 0.263 e. The highest BCUT2D eigenvalue weighted by molar-refractivity contribution is 7.89. The molecule has 2 aromatic rings. The fraction of sp³-hybridized carbons (Fsp3) is 0.333. The first kappa shape index (κ1) is 16.1. The first-order valence-electron chi connectivity index (χ1n) is 7.35. The zero-order valence-corrected chi connectivity index (χ0v) is 14.1. The number of carbonyl (C=O) groups excluding carboxylic acids is 1. The summed E-state index contributed by atoms with van der Waals surface area (Å²) in [4.78, 5) is 16.8. The van der Waals surface area contributed by atoms with Crippen molar-refractivity contribution >= 4 is 27.3 Å². The number of nitrogens with zero attached hydrogens (tertiary/aromatic N) is 2. The number of carbonyl (C=O) groups is 1. The van der Waals surface area contributed by atoms with E-state index in [1.54, 1.807) is 23.7 Å². The van der Waals surface area contributed by atoms with E-state index in [4.69, 9.17) is 0 Å². The third-order valence-electron chi connectivity index (χ3n) is 3.67. The topological polar surface area (TPSA) is 79.4 Å². The van der Waals surface area contributed by atoms with Crippen LogP contribution in [-0.2, 0) is 16.6 Å². The van der Waals surface area contributed by atoms with E-state index in [-0.39, 0.29) is 22.2 Å². The Labute approximate surface area is 139 Å². The van der Waals surface area contributed by atoms with Crippen LogP contribution in [0.15, 0.2) is 40.7 Å². The summed E-state index contributed by atoms with van der Waals surface area (Å²) in [6.07, 6.45) is 3.38. The first-order valence-corrected chi connectivity index (χ1v) is 9.67. The van der Waals surface area contributed by atoms with Crippen molar-refractivity contribution in [2.45, 2.75) is 24.3 Å². The van der Waals surface area contributed by atoms with Crippen molar-refractivity contribution < 1.29 is 13.2 Å². The van der Waals surface area contributed by atoms with Crippen LogP contribution >= 0.6 is 11.3 Å². The van der Waals surface area contributed by atoms with Gasteiger partial charge in [-0.1, -0.05) is 6.07 Å². The van der Waals surface area contributed by atoms with Gasteiger partial charge in [-0.3, -0.25) is 9.78 Å². The van der Waals surface area contributed by atoms with Crippen molar-refractivity contribution in [2.75, 3.05) is 13.1 Å². The first-order chi connectivity index (χ1) is 11.1. The quantitative estimate of drug-likeness (QED) is 0.892. The van der Waals surface area contributed by atoms with E-state index in [1.165, 1.54) is 10.4 Å². The molecule has 0 unspecified atom stereocenters. The van der Waals surface area contributed by atoms with E-state index in [0.717, 1.165) is 29.9 Å². The monoisotopic (exact) mass is 351 g/mol. The lowest BCUT2D eigenvalue weighted by Gasteiger charge is -2.15. The van der Waals surface area contributed by atoms with E-state index >= 15 is 0 Å². The molecule has 3 heterocycles. The molecule has 23 heavy (non-hydrogen) atoms. The molecule has 0 spiro atoms. The van der Waals surface area contributed by atoms with Gasteiger partial charge < -0.3 is 5.32 Å². The van der Waals surface area contributed by atoms with Crippen LogP contribution in [0.5, 0.6) is 0 Å². The van der Waals surface area contributed by atoms with Gasteiger partial charge in [-0.25, -0.2) is 8.42 Å². The van der Waals surface area contributed by atoms with Gasteiger partial charge in [-0.2, -0.15) is 4.31 Å². The molecule has 0 atom stereocenters. The predicted molar refractivity (Wildman–Crippen MR) is 87.7 cm³/mol. The zero-order valence-electron chi connectivity index (χ0n) is 12.4. The molecular weight excluding hydrogens is 334 g/mol. The Morgan fingerprint density at radius 1 is 1.26 bits per heavy atom. The molecule has 0 aliphatic carbocycles. The van der Waals surface area contributed by atoms with Gasteiger partial charge >= 0.3 is 0 Å². The van der Waals surface area contributed by atoms with Crippen LogP contribution in [0.4, 0.5) is 0 Å². The normalized spacial score (nSPS) is 15.7. The molecule has 0 saturated carbocycles. The summed E-state index contributed by atoms with van der Waals surface area (Å²) in [5, 5.41) is 4.37. The summed E-state index contributed by atoms with van der Waals surface area (Å²) in [6.45, 7) is 1.31. The summed E-state index contributed by atoms with van der Waals surface area (Å²) in [6, 6.07) is 6.94. The van der Waals surface area contributed by atoms with E-state index in [9.17, 15) is 13.2 Å². The molecule has 6 nitrogen and oxygen atoms in total. The Bertz CT molecular complexity index is 781. The maximum atomic E-state index is 12.6. The lowest BCUT2D eigenvalue weighted by Crippen LogP contribution is -2.30. The van der Waals surface area contributed by atoms with Crippen LogP contribution in [-0.4, -0.2) is 36.7 Å². The van der Waals surface area contributed by atoms with Gasteiger partial charge in [0.15, 0.2) is 0 Å². The van der Waals surface area contributed by atoms with Gasteiger partial charge in [0, 0.05) is 19.3 Å². The molecule has 1 amide bonds. The smallest absolute Gasteiger partial charge is 0.263 e. The molecular formula is C15H17N3O3S2. The third-order valence-corrected chi connectivity index (χ3v) is 6.66. The van der Waals surface area contributed by atoms with E-state index in [1.807, 2.05) is 6.07 Å². The number of hydrogen-bond acceptors (Lipinski definition) is 5. The number of sulfonamides is 1. The summed E-state index contributed by atoms with van der Waals surface area (Å²) < 4.78 is 26.7. The molecule has 2 aromatic heterocycles. The molecule has 0 radical (unpaired) electrons. The number of thiophene rings is 1. The highest BCUT2D eigenvalue weighted by Crippen LogP contribution is 2.27. The average Bonchev–Trinajstić information content (AvgIpc) is 3.25. The summed E-state index contributed by atoms with van der Waals surface area (Å²) in [7, 11) is -3.59. The zero-order chi connectivity index (χ0) is 16.3. The third kappa shape index (κ3) is 3.44. The summed E-state index contributed by atoms with van der Waals surface area (Å²) in [5.74, 6) is -0.386. The maximum absolute atomic E-state index is 12.6. The summed E-state index contributed by atoms with van der Waals surface area (Å²) >= 11 is 1.14. The van der Waals surface area contributed by atoms with Crippen molar-refractivity contribution in [2.24, 2.45) is 0 Å². The largest absolute Gasteiger partial charge is 0.346 e. The molecule has 3 rings (SSSR count). The molecule has 1 aliphatic rings. The number of nitrogens with one attached hydrogen (secondary N) is 1. The van der Waals surface area contributed by atoms with Gasteiger partial charge in [0.1, 0.15) is 9.77 Å². The Kier molecular flexibility index (Phi) is 4.74. The van der Waals surface area contributed by atoms with E-state index in [0.29, 0.717) is 13.1 Å². The second kappa shape index (κ2) is 6.77. The second-order valence-electron chi connectivity index (χ2n) is 5.23. The van der Waals surface area contributed by atoms with Crippen molar-refractivity contribution in [1.29, 1.82) is 0 Å². The lowest BCUT2D eigenvalue weighted by atomic mass is 10.3. The number of rotatable bonds is 5.